The van der Waals surface area contributed by atoms with Gasteiger partial charge in [0.2, 0.25) is 10.0 Å². The third-order valence-electron chi connectivity index (χ3n) is 4.88. The van der Waals surface area contributed by atoms with Crippen molar-refractivity contribution in [1.29, 1.82) is 0 Å². The average Bonchev–Trinajstić information content (AvgIpc) is 2.78. The highest BCUT2D eigenvalue weighted by molar-refractivity contribution is 7.89. The van der Waals surface area contributed by atoms with Crippen LogP contribution in [0.5, 0.6) is 0 Å². The fourth-order valence-corrected chi connectivity index (χ4v) is 3.77. The number of sulfonamides is 1. The lowest BCUT2D eigenvalue weighted by molar-refractivity contribution is 0.00671. The minimum Gasteiger partial charge on any atom is -0.389 e. The fourth-order valence-electron chi connectivity index (χ4n) is 3.25. The Morgan fingerprint density at radius 1 is 0.871 bits per heavy atom. The highest BCUT2D eigenvalue weighted by atomic mass is 32.2. The molecule has 0 aliphatic carbocycles. The van der Waals surface area contributed by atoms with E-state index >= 15 is 0 Å². The molecule has 0 aliphatic rings. The van der Waals surface area contributed by atoms with Gasteiger partial charge in [0.15, 0.2) is 0 Å². The van der Waals surface area contributed by atoms with Crippen LogP contribution >= 0.6 is 0 Å². The molecule has 0 radical (unpaired) electrons. The topological polar surface area (TPSA) is 102 Å². The summed E-state index contributed by atoms with van der Waals surface area (Å²) in [6, 6.07) is 26.4. The first kappa shape index (κ1) is 23.1. The van der Waals surface area contributed by atoms with Crippen LogP contribution < -0.4 is 10.5 Å². The Hall–Kier alpha value is -2.55. The third kappa shape index (κ3) is 7.27. The fraction of sp³-hybridized carbons (Fsp3) is 0.250. The van der Waals surface area contributed by atoms with E-state index in [1.807, 2.05) is 60.7 Å². The van der Waals surface area contributed by atoms with Crippen LogP contribution in [-0.2, 0) is 21.2 Å². The largest absolute Gasteiger partial charge is 0.389 e. The molecule has 0 heterocycles. The number of primary sulfonamides is 1. The zero-order chi connectivity index (χ0) is 22.1. The Kier molecular flexibility index (Phi) is 8.34. The van der Waals surface area contributed by atoms with Gasteiger partial charge in [0.1, 0.15) is 6.10 Å². The zero-order valence-electron chi connectivity index (χ0n) is 17.2. The minimum atomic E-state index is -3.67. The molecule has 3 rings (SSSR count). The molecule has 1 atom stereocenters. The van der Waals surface area contributed by atoms with Gasteiger partial charge in [-0.1, -0.05) is 72.8 Å². The molecule has 0 unspecified atom stereocenters. The number of nitrogens with one attached hydrogen (secondary N) is 1. The first-order valence-electron chi connectivity index (χ1n) is 10.2. The normalized spacial score (nSPS) is 12.7. The van der Waals surface area contributed by atoms with Crippen molar-refractivity contribution in [2.75, 3.05) is 19.7 Å². The van der Waals surface area contributed by atoms with Crippen LogP contribution in [0.4, 0.5) is 0 Å². The van der Waals surface area contributed by atoms with Crippen molar-refractivity contribution < 1.29 is 18.3 Å². The summed E-state index contributed by atoms with van der Waals surface area (Å²) < 4.78 is 28.7. The molecular formula is C24H28N2O4S. The van der Waals surface area contributed by atoms with Gasteiger partial charge < -0.3 is 15.2 Å². The van der Waals surface area contributed by atoms with Gasteiger partial charge in [0.05, 0.1) is 17.6 Å². The van der Waals surface area contributed by atoms with Crippen molar-refractivity contribution in [2.45, 2.75) is 23.5 Å². The smallest absolute Gasteiger partial charge is 0.238 e. The predicted octanol–water partition coefficient (Wildman–Crippen LogP) is 2.63. The standard InChI is InChI=1S/C24H28N2O4S/c25-31(28,29)23-13-11-19(12-14-23)15-16-26-17-22(27)18-30-24(20-7-3-1-4-8-20)21-9-5-2-6-10-21/h1-14,22,24,26-27H,15-18H2,(H2,25,28,29)/t22-/m0/s1. The molecule has 6 nitrogen and oxygen atoms in total. The second kappa shape index (κ2) is 11.2. The number of ether oxygens (including phenoxy) is 1. The summed E-state index contributed by atoms with van der Waals surface area (Å²) in [6.07, 6.45) is -0.191. The molecule has 0 fully saturated rings. The van der Waals surface area contributed by atoms with E-state index in [2.05, 4.69) is 5.32 Å². The predicted molar refractivity (Wildman–Crippen MR) is 121 cm³/mol. The van der Waals surface area contributed by atoms with Crippen molar-refractivity contribution in [1.82, 2.24) is 5.32 Å². The van der Waals surface area contributed by atoms with Gasteiger partial charge in [-0.3, -0.25) is 0 Å². The molecular weight excluding hydrogens is 412 g/mol. The molecule has 7 heteroatoms. The van der Waals surface area contributed by atoms with Gasteiger partial charge in [-0.2, -0.15) is 0 Å². The lowest BCUT2D eigenvalue weighted by Crippen LogP contribution is -2.32. The molecule has 31 heavy (non-hydrogen) atoms. The van der Waals surface area contributed by atoms with Crippen LogP contribution in [0.1, 0.15) is 22.8 Å². The number of nitrogens with two attached hydrogens (primary N) is 1. The molecule has 0 saturated carbocycles. The summed E-state index contributed by atoms with van der Waals surface area (Å²) in [5, 5.41) is 18.7. The molecule has 4 N–H and O–H groups in total. The number of aliphatic hydroxyl groups is 1. The van der Waals surface area contributed by atoms with Gasteiger partial charge in [-0.15, -0.1) is 0 Å². The molecule has 3 aromatic carbocycles. The highest BCUT2D eigenvalue weighted by Crippen LogP contribution is 2.25. The summed E-state index contributed by atoms with van der Waals surface area (Å²) in [6.45, 7) is 1.24. The summed E-state index contributed by atoms with van der Waals surface area (Å²) in [5.74, 6) is 0. The van der Waals surface area contributed by atoms with Crippen LogP contribution in [-0.4, -0.2) is 39.3 Å². The summed E-state index contributed by atoms with van der Waals surface area (Å²) in [7, 11) is -3.67. The molecule has 0 aliphatic heterocycles. The molecule has 0 spiro atoms. The summed E-state index contributed by atoms with van der Waals surface area (Å²) in [4.78, 5) is 0.100. The van der Waals surface area contributed by atoms with Gasteiger partial charge >= 0.3 is 0 Å². The maximum Gasteiger partial charge on any atom is 0.238 e. The van der Waals surface area contributed by atoms with E-state index in [1.54, 1.807) is 12.1 Å². The number of hydrogen-bond donors (Lipinski definition) is 3. The number of hydrogen-bond acceptors (Lipinski definition) is 5. The van der Waals surface area contributed by atoms with E-state index in [0.717, 1.165) is 16.7 Å². The number of benzene rings is 3. The average molecular weight is 441 g/mol. The van der Waals surface area contributed by atoms with Crippen molar-refractivity contribution in [3.63, 3.8) is 0 Å². The molecule has 0 amide bonds. The van der Waals surface area contributed by atoms with E-state index in [1.165, 1.54) is 12.1 Å². The SMILES string of the molecule is NS(=O)(=O)c1ccc(CCNC[C@H](O)COC(c2ccccc2)c2ccccc2)cc1. The Balaban J connectivity index is 1.46. The van der Waals surface area contributed by atoms with Crippen molar-refractivity contribution >= 4 is 10.0 Å². The van der Waals surface area contributed by atoms with E-state index in [4.69, 9.17) is 9.88 Å². The van der Waals surface area contributed by atoms with Crippen LogP contribution in [0.25, 0.3) is 0 Å². The second-order valence-corrected chi connectivity index (χ2v) is 8.89. The Labute approximate surface area is 183 Å². The van der Waals surface area contributed by atoms with Gasteiger partial charge in [-0.25, -0.2) is 13.6 Å². The maximum atomic E-state index is 11.3. The summed E-state index contributed by atoms with van der Waals surface area (Å²) in [5.41, 5.74) is 3.06. The third-order valence-corrected chi connectivity index (χ3v) is 5.81. The lowest BCUT2D eigenvalue weighted by Gasteiger charge is -2.21. The van der Waals surface area contributed by atoms with Crippen LogP contribution in [0.2, 0.25) is 0 Å². The maximum absolute atomic E-state index is 11.3. The number of rotatable bonds is 11. The quantitative estimate of drug-likeness (QED) is 0.398. The van der Waals surface area contributed by atoms with Crippen LogP contribution in [0.15, 0.2) is 89.8 Å². The highest BCUT2D eigenvalue weighted by Gasteiger charge is 2.16. The van der Waals surface area contributed by atoms with Crippen molar-refractivity contribution in [3.8, 4) is 0 Å². The Morgan fingerprint density at radius 3 is 1.94 bits per heavy atom. The molecule has 0 saturated heterocycles. The zero-order valence-corrected chi connectivity index (χ0v) is 18.0. The lowest BCUT2D eigenvalue weighted by atomic mass is 10.0. The van der Waals surface area contributed by atoms with Crippen molar-refractivity contribution in [3.05, 3.63) is 102 Å². The molecule has 164 valence electrons. The van der Waals surface area contributed by atoms with E-state index in [0.29, 0.717) is 19.5 Å². The summed E-state index contributed by atoms with van der Waals surface area (Å²) >= 11 is 0. The van der Waals surface area contributed by atoms with Crippen LogP contribution in [0.3, 0.4) is 0 Å². The van der Waals surface area contributed by atoms with Gasteiger partial charge in [-0.05, 0) is 41.8 Å². The monoisotopic (exact) mass is 440 g/mol. The molecule has 0 aromatic heterocycles. The van der Waals surface area contributed by atoms with Crippen LogP contribution in [0, 0.1) is 0 Å². The first-order valence-corrected chi connectivity index (χ1v) is 11.7. The minimum absolute atomic E-state index is 0.100. The van der Waals surface area contributed by atoms with E-state index in [-0.39, 0.29) is 17.6 Å². The second-order valence-electron chi connectivity index (χ2n) is 7.33. The first-order chi connectivity index (χ1) is 14.9. The number of aliphatic hydroxyl groups excluding tert-OH is 1. The Morgan fingerprint density at radius 2 is 1.42 bits per heavy atom. The van der Waals surface area contributed by atoms with Gasteiger partial charge in [0, 0.05) is 6.54 Å². The van der Waals surface area contributed by atoms with Gasteiger partial charge in [0.25, 0.3) is 0 Å². The molecule has 0 bridgehead atoms. The Bertz CT molecular complexity index is 987. The van der Waals surface area contributed by atoms with Crippen molar-refractivity contribution in [2.24, 2.45) is 5.14 Å². The van der Waals surface area contributed by atoms with E-state index in [9.17, 15) is 13.5 Å². The molecule has 3 aromatic rings. The van der Waals surface area contributed by atoms with E-state index < -0.39 is 16.1 Å².